The first-order valence-corrected chi connectivity index (χ1v) is 5.16. The Bertz CT molecular complexity index is 426. The first-order chi connectivity index (χ1) is 7.63. The number of nitrogens with one attached hydrogen (secondary N) is 1. The van der Waals surface area contributed by atoms with E-state index < -0.39 is 0 Å². The Labute approximate surface area is 95.4 Å². The Morgan fingerprint density at radius 2 is 2.25 bits per heavy atom. The van der Waals surface area contributed by atoms with Crippen LogP contribution in [0.1, 0.15) is 25.0 Å². The molecule has 84 valence electrons. The van der Waals surface area contributed by atoms with Crippen LogP contribution in [0.2, 0.25) is 0 Å². The molecule has 0 saturated carbocycles. The van der Waals surface area contributed by atoms with Gasteiger partial charge in [-0.3, -0.25) is 0 Å². The highest BCUT2D eigenvalue weighted by Crippen LogP contribution is 2.09. The topological polar surface area (TPSA) is 35.8 Å². The fourth-order valence-electron chi connectivity index (χ4n) is 1.24. The molecule has 0 radical (unpaired) electrons. The third kappa shape index (κ3) is 3.84. The summed E-state index contributed by atoms with van der Waals surface area (Å²) in [6, 6.07) is 6.44. The van der Waals surface area contributed by atoms with Gasteiger partial charge in [0.1, 0.15) is 5.82 Å². The highest BCUT2D eigenvalue weighted by Gasteiger charge is 2.02. The minimum atomic E-state index is -0.330. The number of benzene rings is 1. The van der Waals surface area contributed by atoms with Gasteiger partial charge in [-0.05, 0) is 26.0 Å². The van der Waals surface area contributed by atoms with E-state index in [9.17, 15) is 4.39 Å². The van der Waals surface area contributed by atoms with Crippen LogP contribution in [0.5, 0.6) is 0 Å². The van der Waals surface area contributed by atoms with Gasteiger partial charge in [-0.1, -0.05) is 17.7 Å². The third-order valence-corrected chi connectivity index (χ3v) is 2.15. The lowest BCUT2D eigenvalue weighted by Crippen LogP contribution is -2.14. The first-order valence-electron chi connectivity index (χ1n) is 5.16. The van der Waals surface area contributed by atoms with Gasteiger partial charge in [-0.2, -0.15) is 5.26 Å². The lowest BCUT2D eigenvalue weighted by atomic mass is 10.1. The predicted octanol–water partition coefficient (Wildman–Crippen LogP) is 2.75. The summed E-state index contributed by atoms with van der Waals surface area (Å²) in [5.41, 5.74) is 2.17. The van der Waals surface area contributed by atoms with Crippen LogP contribution in [0.15, 0.2) is 29.8 Å². The Morgan fingerprint density at radius 1 is 1.50 bits per heavy atom. The Hall–Kier alpha value is -1.66. The molecule has 2 nitrogen and oxygen atoms in total. The second-order valence-corrected chi connectivity index (χ2v) is 3.83. The second kappa shape index (κ2) is 6.04. The van der Waals surface area contributed by atoms with E-state index in [-0.39, 0.29) is 5.82 Å². The van der Waals surface area contributed by atoms with Gasteiger partial charge in [-0.25, -0.2) is 4.39 Å². The number of halogens is 1. The van der Waals surface area contributed by atoms with Crippen molar-refractivity contribution in [1.82, 2.24) is 5.32 Å². The number of nitrogens with zero attached hydrogens (tertiary/aromatic N) is 1. The first kappa shape index (κ1) is 12.4. The molecule has 1 aromatic rings. The molecule has 1 aromatic carbocycles. The standard InChI is InChI=1S/C13H15FN2/c1-10(2)5-6-16-9-12-4-3-11(8-15)7-13(12)14/h3-5,7,16H,6,9H2,1-2H3. The van der Waals surface area contributed by atoms with E-state index in [1.807, 2.05) is 26.0 Å². The summed E-state index contributed by atoms with van der Waals surface area (Å²) in [5.74, 6) is -0.330. The maximum Gasteiger partial charge on any atom is 0.129 e. The minimum absolute atomic E-state index is 0.330. The molecule has 0 aromatic heterocycles. The van der Waals surface area contributed by atoms with Crippen LogP contribution in [0.3, 0.4) is 0 Å². The van der Waals surface area contributed by atoms with Crippen molar-refractivity contribution in [3.63, 3.8) is 0 Å². The molecule has 0 fully saturated rings. The number of hydrogen-bond donors (Lipinski definition) is 1. The molecule has 0 heterocycles. The van der Waals surface area contributed by atoms with E-state index in [0.717, 1.165) is 6.54 Å². The van der Waals surface area contributed by atoms with Crippen molar-refractivity contribution in [1.29, 1.82) is 5.26 Å². The van der Waals surface area contributed by atoms with Crippen molar-refractivity contribution in [2.45, 2.75) is 20.4 Å². The summed E-state index contributed by atoms with van der Waals surface area (Å²) < 4.78 is 13.4. The van der Waals surface area contributed by atoms with Crippen molar-refractivity contribution >= 4 is 0 Å². The average molecular weight is 218 g/mol. The van der Waals surface area contributed by atoms with E-state index >= 15 is 0 Å². The van der Waals surface area contributed by atoms with Crippen molar-refractivity contribution in [3.8, 4) is 6.07 Å². The normalized spacial score (nSPS) is 9.62. The van der Waals surface area contributed by atoms with Crippen LogP contribution in [0.4, 0.5) is 4.39 Å². The summed E-state index contributed by atoms with van der Waals surface area (Å²) in [6.07, 6.45) is 2.04. The minimum Gasteiger partial charge on any atom is -0.309 e. The van der Waals surface area contributed by atoms with Crippen LogP contribution in [0.25, 0.3) is 0 Å². The largest absolute Gasteiger partial charge is 0.309 e. The average Bonchev–Trinajstić information content (AvgIpc) is 2.25. The lowest BCUT2D eigenvalue weighted by Gasteiger charge is -2.04. The Balaban J connectivity index is 2.55. The lowest BCUT2D eigenvalue weighted by molar-refractivity contribution is 0.596. The monoisotopic (exact) mass is 218 g/mol. The van der Waals surface area contributed by atoms with Gasteiger partial charge < -0.3 is 5.32 Å². The zero-order chi connectivity index (χ0) is 12.0. The van der Waals surface area contributed by atoms with E-state index in [2.05, 4.69) is 5.32 Å². The molecule has 0 amide bonds. The molecule has 3 heteroatoms. The van der Waals surface area contributed by atoms with Gasteiger partial charge in [0.2, 0.25) is 0 Å². The van der Waals surface area contributed by atoms with Crippen molar-refractivity contribution in [3.05, 3.63) is 46.8 Å². The molecule has 0 aliphatic heterocycles. The zero-order valence-corrected chi connectivity index (χ0v) is 9.55. The maximum atomic E-state index is 13.4. The molecule has 0 aliphatic rings. The highest BCUT2D eigenvalue weighted by molar-refractivity contribution is 5.32. The predicted molar refractivity (Wildman–Crippen MR) is 62.3 cm³/mol. The summed E-state index contributed by atoms with van der Waals surface area (Å²) >= 11 is 0. The number of allylic oxidation sites excluding steroid dienone is 1. The molecule has 1 N–H and O–H groups in total. The van der Waals surface area contributed by atoms with Gasteiger partial charge in [0, 0.05) is 18.7 Å². The van der Waals surface area contributed by atoms with E-state index in [0.29, 0.717) is 17.7 Å². The van der Waals surface area contributed by atoms with Gasteiger partial charge in [-0.15, -0.1) is 0 Å². The van der Waals surface area contributed by atoms with Crippen LogP contribution < -0.4 is 5.32 Å². The van der Waals surface area contributed by atoms with Crippen LogP contribution >= 0.6 is 0 Å². The molecular formula is C13H15FN2. The third-order valence-electron chi connectivity index (χ3n) is 2.15. The molecule has 0 atom stereocenters. The number of hydrogen-bond acceptors (Lipinski definition) is 2. The summed E-state index contributed by atoms with van der Waals surface area (Å²) in [4.78, 5) is 0. The van der Waals surface area contributed by atoms with E-state index in [1.54, 1.807) is 12.1 Å². The van der Waals surface area contributed by atoms with Crippen molar-refractivity contribution in [2.24, 2.45) is 0 Å². The molecule has 0 bridgehead atoms. The number of nitriles is 1. The molecular weight excluding hydrogens is 203 g/mol. The molecule has 0 unspecified atom stereocenters. The van der Waals surface area contributed by atoms with E-state index in [1.165, 1.54) is 11.6 Å². The SMILES string of the molecule is CC(C)=CCNCc1ccc(C#N)cc1F. The van der Waals surface area contributed by atoms with Gasteiger partial charge >= 0.3 is 0 Å². The van der Waals surface area contributed by atoms with E-state index in [4.69, 9.17) is 5.26 Å². The molecule has 1 rings (SSSR count). The smallest absolute Gasteiger partial charge is 0.129 e. The molecule has 0 aliphatic carbocycles. The van der Waals surface area contributed by atoms with Gasteiger partial charge in [0.05, 0.1) is 11.6 Å². The van der Waals surface area contributed by atoms with Gasteiger partial charge in [0.15, 0.2) is 0 Å². The maximum absolute atomic E-state index is 13.4. The van der Waals surface area contributed by atoms with Crippen LogP contribution in [-0.4, -0.2) is 6.54 Å². The Morgan fingerprint density at radius 3 is 2.81 bits per heavy atom. The summed E-state index contributed by atoms with van der Waals surface area (Å²) in [5, 5.41) is 11.7. The molecule has 0 saturated heterocycles. The zero-order valence-electron chi connectivity index (χ0n) is 9.55. The molecule has 0 spiro atoms. The highest BCUT2D eigenvalue weighted by atomic mass is 19.1. The summed E-state index contributed by atoms with van der Waals surface area (Å²) in [7, 11) is 0. The van der Waals surface area contributed by atoms with Crippen LogP contribution in [-0.2, 0) is 6.54 Å². The van der Waals surface area contributed by atoms with Crippen molar-refractivity contribution < 1.29 is 4.39 Å². The van der Waals surface area contributed by atoms with Gasteiger partial charge in [0.25, 0.3) is 0 Å². The fraction of sp³-hybridized carbons (Fsp3) is 0.308. The van der Waals surface area contributed by atoms with Crippen molar-refractivity contribution in [2.75, 3.05) is 6.54 Å². The quantitative estimate of drug-likeness (QED) is 0.623. The molecule has 16 heavy (non-hydrogen) atoms. The fourth-order valence-corrected chi connectivity index (χ4v) is 1.24. The number of rotatable bonds is 4. The summed E-state index contributed by atoms with van der Waals surface area (Å²) in [6.45, 7) is 5.23. The second-order valence-electron chi connectivity index (χ2n) is 3.83. The van der Waals surface area contributed by atoms with Crippen LogP contribution in [0, 0.1) is 17.1 Å². The Kier molecular flexibility index (Phi) is 4.68.